The van der Waals surface area contributed by atoms with Crippen LogP contribution in [0.25, 0.3) is 10.2 Å². The van der Waals surface area contributed by atoms with E-state index in [1.807, 2.05) is 6.07 Å². The molecule has 3 aromatic rings. The molecular formula is C18H20N4OS. The Morgan fingerprint density at radius 2 is 1.96 bits per heavy atom. The Labute approximate surface area is 145 Å². The molecule has 4 rings (SSSR count). The minimum atomic E-state index is 0.185. The Bertz CT molecular complexity index is 786. The Morgan fingerprint density at radius 3 is 2.79 bits per heavy atom. The van der Waals surface area contributed by atoms with Gasteiger partial charge in [0.2, 0.25) is 0 Å². The number of aromatic nitrogens is 2. The Hall–Kier alpha value is -2.02. The van der Waals surface area contributed by atoms with Crippen LogP contribution in [0.2, 0.25) is 0 Å². The molecular weight excluding hydrogens is 320 g/mol. The monoisotopic (exact) mass is 340 g/mol. The molecule has 124 valence electrons. The number of thiophene rings is 1. The molecule has 1 atom stereocenters. The van der Waals surface area contributed by atoms with Crippen molar-refractivity contribution in [2.24, 2.45) is 0 Å². The van der Waals surface area contributed by atoms with E-state index in [1.165, 1.54) is 5.56 Å². The molecule has 1 unspecified atom stereocenters. The highest BCUT2D eigenvalue weighted by Gasteiger charge is 2.19. The minimum absolute atomic E-state index is 0.185. The van der Waals surface area contributed by atoms with Crippen molar-refractivity contribution in [3.63, 3.8) is 0 Å². The summed E-state index contributed by atoms with van der Waals surface area (Å²) in [5.74, 6) is 0.914. The average molecular weight is 340 g/mol. The third-order valence-corrected chi connectivity index (χ3v) is 5.21. The van der Waals surface area contributed by atoms with Crippen LogP contribution >= 0.6 is 11.3 Å². The Morgan fingerprint density at radius 1 is 1.12 bits per heavy atom. The van der Waals surface area contributed by atoms with Crippen molar-refractivity contribution in [1.29, 1.82) is 0 Å². The van der Waals surface area contributed by atoms with Gasteiger partial charge >= 0.3 is 0 Å². The first kappa shape index (κ1) is 15.5. The van der Waals surface area contributed by atoms with Crippen LogP contribution in [0.4, 0.5) is 5.82 Å². The summed E-state index contributed by atoms with van der Waals surface area (Å²) in [5.41, 5.74) is 2.27. The van der Waals surface area contributed by atoms with Gasteiger partial charge in [-0.3, -0.25) is 4.90 Å². The summed E-state index contributed by atoms with van der Waals surface area (Å²) in [4.78, 5) is 11.3. The van der Waals surface area contributed by atoms with Crippen LogP contribution in [0.1, 0.15) is 11.6 Å². The molecule has 0 bridgehead atoms. The molecule has 0 amide bonds. The lowest BCUT2D eigenvalue weighted by atomic mass is 10.1. The minimum Gasteiger partial charge on any atom is -0.379 e. The largest absolute Gasteiger partial charge is 0.379 e. The van der Waals surface area contributed by atoms with Crippen molar-refractivity contribution in [2.75, 3.05) is 38.2 Å². The zero-order valence-corrected chi connectivity index (χ0v) is 14.2. The zero-order valence-electron chi connectivity index (χ0n) is 13.4. The van der Waals surface area contributed by atoms with Crippen LogP contribution in [0.3, 0.4) is 0 Å². The zero-order chi connectivity index (χ0) is 16.2. The molecule has 0 aliphatic carbocycles. The van der Waals surface area contributed by atoms with E-state index in [0.717, 1.165) is 48.9 Å². The second-order valence-electron chi connectivity index (χ2n) is 5.88. The first-order valence-electron chi connectivity index (χ1n) is 8.20. The Kier molecular flexibility index (Phi) is 4.69. The van der Waals surface area contributed by atoms with Crippen molar-refractivity contribution in [2.45, 2.75) is 6.04 Å². The number of fused-ring (bicyclic) bond motifs is 1. The fraction of sp³-hybridized carbons (Fsp3) is 0.333. The van der Waals surface area contributed by atoms with Gasteiger partial charge in [-0.25, -0.2) is 9.97 Å². The van der Waals surface area contributed by atoms with E-state index in [1.54, 1.807) is 17.7 Å². The van der Waals surface area contributed by atoms with E-state index in [4.69, 9.17) is 4.74 Å². The number of nitrogens with zero attached hydrogens (tertiary/aromatic N) is 3. The van der Waals surface area contributed by atoms with Crippen molar-refractivity contribution < 1.29 is 4.74 Å². The lowest BCUT2D eigenvalue weighted by molar-refractivity contribution is 0.0361. The lowest BCUT2D eigenvalue weighted by Crippen LogP contribution is -2.40. The number of anilines is 1. The van der Waals surface area contributed by atoms with E-state index < -0.39 is 0 Å². The molecule has 5 nitrogen and oxygen atoms in total. The summed E-state index contributed by atoms with van der Waals surface area (Å²) < 4.78 is 6.58. The number of benzene rings is 1. The van der Waals surface area contributed by atoms with E-state index in [0.29, 0.717) is 0 Å². The highest BCUT2D eigenvalue weighted by atomic mass is 32.1. The molecule has 6 heteroatoms. The number of nitrogens with one attached hydrogen (secondary N) is 1. The van der Waals surface area contributed by atoms with Crippen LogP contribution in [-0.4, -0.2) is 47.7 Å². The molecule has 1 aliphatic heterocycles. The summed E-state index contributed by atoms with van der Waals surface area (Å²) in [7, 11) is 0. The quantitative estimate of drug-likeness (QED) is 0.773. The number of hydrogen-bond donors (Lipinski definition) is 1. The maximum absolute atomic E-state index is 5.47. The van der Waals surface area contributed by atoms with Gasteiger partial charge < -0.3 is 10.1 Å². The van der Waals surface area contributed by atoms with Gasteiger partial charge in [-0.1, -0.05) is 30.3 Å². The van der Waals surface area contributed by atoms with E-state index in [2.05, 4.69) is 55.9 Å². The first-order valence-corrected chi connectivity index (χ1v) is 9.08. The van der Waals surface area contributed by atoms with Crippen molar-refractivity contribution in [3.8, 4) is 0 Å². The number of morpholine rings is 1. The molecule has 2 aromatic heterocycles. The molecule has 1 saturated heterocycles. The van der Waals surface area contributed by atoms with Gasteiger partial charge in [0, 0.05) is 19.6 Å². The van der Waals surface area contributed by atoms with E-state index >= 15 is 0 Å². The van der Waals surface area contributed by atoms with Crippen molar-refractivity contribution >= 4 is 27.4 Å². The second kappa shape index (κ2) is 7.25. The van der Waals surface area contributed by atoms with Gasteiger partial charge in [0.25, 0.3) is 0 Å². The van der Waals surface area contributed by atoms with E-state index in [-0.39, 0.29) is 6.04 Å². The number of hydrogen-bond acceptors (Lipinski definition) is 6. The van der Waals surface area contributed by atoms with Gasteiger partial charge in [-0.05, 0) is 17.0 Å². The highest BCUT2D eigenvalue weighted by Crippen LogP contribution is 2.28. The molecule has 1 fully saturated rings. The summed E-state index contributed by atoms with van der Waals surface area (Å²) in [6.07, 6.45) is 1.63. The SMILES string of the molecule is c1ccc(C(CN2CCOCC2)Nc2ncnc3ccsc23)cc1. The number of rotatable bonds is 5. The third-order valence-electron chi connectivity index (χ3n) is 4.30. The van der Waals surface area contributed by atoms with Crippen LogP contribution < -0.4 is 5.32 Å². The number of ether oxygens (including phenoxy) is 1. The standard InChI is InChI=1S/C18H20N4OS/c1-2-4-14(5-3-1)16(12-22-7-9-23-10-8-22)21-18-17-15(6-11-24-17)19-13-20-18/h1-6,11,13,16H,7-10,12H2,(H,19,20,21). The summed E-state index contributed by atoms with van der Waals surface area (Å²) >= 11 is 1.68. The smallest absolute Gasteiger partial charge is 0.147 e. The van der Waals surface area contributed by atoms with E-state index in [9.17, 15) is 0 Å². The normalized spacial score (nSPS) is 17.0. The van der Waals surface area contributed by atoms with Crippen LogP contribution in [0.15, 0.2) is 48.1 Å². The van der Waals surface area contributed by atoms with Crippen molar-refractivity contribution in [1.82, 2.24) is 14.9 Å². The predicted molar refractivity (Wildman–Crippen MR) is 97.5 cm³/mol. The van der Waals surface area contributed by atoms with Gasteiger partial charge in [0.05, 0.1) is 29.5 Å². The molecule has 1 N–H and O–H groups in total. The molecule has 0 spiro atoms. The molecule has 1 aliphatic rings. The van der Waals surface area contributed by atoms with Crippen LogP contribution in [-0.2, 0) is 4.74 Å². The molecule has 3 heterocycles. The molecule has 0 saturated carbocycles. The average Bonchev–Trinajstić information content (AvgIpc) is 3.13. The maximum Gasteiger partial charge on any atom is 0.147 e. The second-order valence-corrected chi connectivity index (χ2v) is 6.79. The van der Waals surface area contributed by atoms with Crippen LogP contribution in [0, 0.1) is 0 Å². The molecule has 24 heavy (non-hydrogen) atoms. The third kappa shape index (κ3) is 3.40. The van der Waals surface area contributed by atoms with Gasteiger partial charge in [0.1, 0.15) is 12.1 Å². The van der Waals surface area contributed by atoms with Gasteiger partial charge in [-0.15, -0.1) is 11.3 Å². The molecule has 0 radical (unpaired) electrons. The topological polar surface area (TPSA) is 50.3 Å². The molecule has 1 aromatic carbocycles. The Balaban J connectivity index is 1.61. The summed E-state index contributed by atoms with van der Waals surface area (Å²) in [5, 5.41) is 5.71. The maximum atomic E-state index is 5.47. The first-order chi connectivity index (χ1) is 11.9. The van der Waals surface area contributed by atoms with Crippen LogP contribution in [0.5, 0.6) is 0 Å². The summed E-state index contributed by atoms with van der Waals surface area (Å²) in [6, 6.07) is 12.8. The van der Waals surface area contributed by atoms with Gasteiger partial charge in [-0.2, -0.15) is 0 Å². The predicted octanol–water partition coefficient (Wildman–Crippen LogP) is 3.18. The van der Waals surface area contributed by atoms with Crippen molar-refractivity contribution in [3.05, 3.63) is 53.7 Å². The fourth-order valence-corrected chi connectivity index (χ4v) is 3.82. The fourth-order valence-electron chi connectivity index (χ4n) is 3.02. The lowest BCUT2D eigenvalue weighted by Gasteiger charge is -2.31. The highest BCUT2D eigenvalue weighted by molar-refractivity contribution is 7.17. The summed E-state index contributed by atoms with van der Waals surface area (Å²) in [6.45, 7) is 4.50. The van der Waals surface area contributed by atoms with Gasteiger partial charge in [0.15, 0.2) is 0 Å².